The molecule has 0 amide bonds. The molecule has 0 bridgehead atoms. The molecule has 1 nitrogen and oxygen atoms in total. The van der Waals surface area contributed by atoms with Crippen molar-refractivity contribution < 1.29 is 4.79 Å². The zero-order valence-corrected chi connectivity index (χ0v) is 8.50. The quantitative estimate of drug-likeness (QED) is 0.647. The molecule has 1 atom stereocenters. The molecule has 0 saturated carbocycles. The van der Waals surface area contributed by atoms with Crippen molar-refractivity contribution in [3.05, 3.63) is 34.9 Å². The van der Waals surface area contributed by atoms with Crippen LogP contribution < -0.4 is 0 Å². The van der Waals surface area contributed by atoms with E-state index in [0.29, 0.717) is 12.3 Å². The maximum atomic E-state index is 10.4. The van der Waals surface area contributed by atoms with E-state index >= 15 is 0 Å². The molecule has 0 heterocycles. The molecule has 0 N–H and O–H groups in total. The SMILES string of the molecule is Cc1ccc(C(C)CC=O)c(C)c1. The lowest BCUT2D eigenvalue weighted by atomic mass is 9.93. The molecule has 70 valence electrons. The molecule has 0 aliphatic carbocycles. The van der Waals surface area contributed by atoms with E-state index in [-0.39, 0.29) is 0 Å². The van der Waals surface area contributed by atoms with E-state index in [1.54, 1.807) is 0 Å². The van der Waals surface area contributed by atoms with Gasteiger partial charge >= 0.3 is 0 Å². The van der Waals surface area contributed by atoms with E-state index in [1.807, 2.05) is 0 Å². The van der Waals surface area contributed by atoms with Gasteiger partial charge in [-0.2, -0.15) is 0 Å². The van der Waals surface area contributed by atoms with Crippen LogP contribution >= 0.6 is 0 Å². The number of hydrogen-bond donors (Lipinski definition) is 0. The molecule has 0 aliphatic heterocycles. The van der Waals surface area contributed by atoms with Gasteiger partial charge in [-0.1, -0.05) is 30.7 Å². The van der Waals surface area contributed by atoms with Crippen LogP contribution in [0.1, 0.15) is 36.0 Å². The van der Waals surface area contributed by atoms with Crippen LogP contribution in [-0.4, -0.2) is 6.29 Å². The zero-order chi connectivity index (χ0) is 9.84. The van der Waals surface area contributed by atoms with Crippen molar-refractivity contribution in [2.24, 2.45) is 0 Å². The second-order valence-corrected chi connectivity index (χ2v) is 3.66. The van der Waals surface area contributed by atoms with E-state index in [1.165, 1.54) is 16.7 Å². The highest BCUT2D eigenvalue weighted by Gasteiger charge is 2.07. The lowest BCUT2D eigenvalue weighted by molar-refractivity contribution is -0.108. The van der Waals surface area contributed by atoms with Crippen molar-refractivity contribution in [1.29, 1.82) is 0 Å². The van der Waals surface area contributed by atoms with Gasteiger partial charge in [-0.05, 0) is 30.9 Å². The summed E-state index contributed by atoms with van der Waals surface area (Å²) in [6.07, 6.45) is 1.61. The van der Waals surface area contributed by atoms with Gasteiger partial charge in [-0.25, -0.2) is 0 Å². The summed E-state index contributed by atoms with van der Waals surface area (Å²) >= 11 is 0. The second kappa shape index (κ2) is 4.22. The molecule has 1 aromatic carbocycles. The van der Waals surface area contributed by atoms with Crippen LogP contribution in [0.4, 0.5) is 0 Å². The minimum Gasteiger partial charge on any atom is -0.303 e. The lowest BCUT2D eigenvalue weighted by Crippen LogP contribution is -1.97. The first-order valence-corrected chi connectivity index (χ1v) is 4.66. The van der Waals surface area contributed by atoms with Gasteiger partial charge in [0.15, 0.2) is 0 Å². The van der Waals surface area contributed by atoms with Crippen molar-refractivity contribution in [1.82, 2.24) is 0 Å². The minimum absolute atomic E-state index is 0.345. The monoisotopic (exact) mass is 176 g/mol. The third-order valence-electron chi connectivity index (χ3n) is 2.41. The number of benzene rings is 1. The largest absolute Gasteiger partial charge is 0.303 e. The second-order valence-electron chi connectivity index (χ2n) is 3.66. The number of aldehydes is 1. The third kappa shape index (κ3) is 2.41. The summed E-state index contributed by atoms with van der Waals surface area (Å²) < 4.78 is 0. The van der Waals surface area contributed by atoms with Crippen LogP contribution in [0.25, 0.3) is 0 Å². The Bertz CT molecular complexity index is 302. The van der Waals surface area contributed by atoms with Crippen LogP contribution in [0.15, 0.2) is 18.2 Å². The third-order valence-corrected chi connectivity index (χ3v) is 2.41. The fourth-order valence-corrected chi connectivity index (χ4v) is 1.65. The van der Waals surface area contributed by atoms with Crippen LogP contribution in [-0.2, 0) is 4.79 Å². The molecule has 0 aromatic heterocycles. The normalized spacial score (nSPS) is 12.5. The number of carbonyl (C=O) groups is 1. The van der Waals surface area contributed by atoms with Gasteiger partial charge in [0, 0.05) is 6.42 Å². The van der Waals surface area contributed by atoms with E-state index in [2.05, 4.69) is 39.0 Å². The summed E-state index contributed by atoms with van der Waals surface area (Å²) in [7, 11) is 0. The van der Waals surface area contributed by atoms with Crippen LogP contribution in [0.2, 0.25) is 0 Å². The molecule has 0 saturated heterocycles. The number of aryl methyl sites for hydroxylation is 2. The number of hydrogen-bond acceptors (Lipinski definition) is 1. The number of carbonyl (C=O) groups excluding carboxylic acids is 1. The summed E-state index contributed by atoms with van der Waals surface area (Å²) in [4.78, 5) is 10.4. The van der Waals surface area contributed by atoms with E-state index in [9.17, 15) is 4.79 Å². The topological polar surface area (TPSA) is 17.1 Å². The van der Waals surface area contributed by atoms with Crippen molar-refractivity contribution in [3.8, 4) is 0 Å². The highest BCUT2D eigenvalue weighted by Crippen LogP contribution is 2.22. The van der Waals surface area contributed by atoms with Crippen LogP contribution in [0, 0.1) is 13.8 Å². The Labute approximate surface area is 79.8 Å². The predicted octanol–water partition coefficient (Wildman–Crippen LogP) is 3.00. The lowest BCUT2D eigenvalue weighted by Gasteiger charge is -2.12. The summed E-state index contributed by atoms with van der Waals surface area (Å²) in [5, 5.41) is 0. The maximum Gasteiger partial charge on any atom is 0.120 e. The summed E-state index contributed by atoms with van der Waals surface area (Å²) in [5.74, 6) is 0.345. The van der Waals surface area contributed by atoms with Gasteiger partial charge in [0.2, 0.25) is 0 Å². The van der Waals surface area contributed by atoms with Gasteiger partial charge in [0.05, 0.1) is 0 Å². The average molecular weight is 176 g/mol. The summed E-state index contributed by atoms with van der Waals surface area (Å²) in [6.45, 7) is 6.27. The Morgan fingerprint density at radius 2 is 2.08 bits per heavy atom. The molecule has 13 heavy (non-hydrogen) atoms. The molecule has 1 rings (SSSR count). The average Bonchev–Trinajstić information content (AvgIpc) is 2.04. The van der Waals surface area contributed by atoms with Crippen molar-refractivity contribution >= 4 is 6.29 Å². The Morgan fingerprint density at radius 1 is 1.38 bits per heavy atom. The fraction of sp³-hybridized carbons (Fsp3) is 0.417. The molecule has 0 aliphatic rings. The van der Waals surface area contributed by atoms with Gasteiger partial charge < -0.3 is 4.79 Å². The molecule has 0 spiro atoms. The Kier molecular flexibility index (Phi) is 3.24. The Hall–Kier alpha value is -1.11. The first-order valence-electron chi connectivity index (χ1n) is 4.66. The molecule has 0 fully saturated rings. The van der Waals surface area contributed by atoms with Gasteiger partial charge in [0.1, 0.15) is 6.29 Å². The van der Waals surface area contributed by atoms with Gasteiger partial charge in [0.25, 0.3) is 0 Å². The molecule has 1 aromatic rings. The molecular weight excluding hydrogens is 160 g/mol. The van der Waals surface area contributed by atoms with E-state index in [4.69, 9.17) is 0 Å². The standard InChI is InChI=1S/C12H16O/c1-9-4-5-12(11(3)8-9)10(2)6-7-13/h4-5,7-8,10H,6H2,1-3H3. The molecule has 0 radical (unpaired) electrons. The zero-order valence-electron chi connectivity index (χ0n) is 8.50. The highest BCUT2D eigenvalue weighted by molar-refractivity contribution is 5.52. The first kappa shape index (κ1) is 9.97. The summed E-state index contributed by atoms with van der Waals surface area (Å²) in [5.41, 5.74) is 3.85. The molecular formula is C12H16O. The predicted molar refractivity (Wildman–Crippen MR) is 55.0 cm³/mol. The van der Waals surface area contributed by atoms with E-state index < -0.39 is 0 Å². The Morgan fingerprint density at radius 3 is 2.62 bits per heavy atom. The van der Waals surface area contributed by atoms with Crippen molar-refractivity contribution in [2.75, 3.05) is 0 Å². The Balaban J connectivity index is 2.94. The van der Waals surface area contributed by atoms with Gasteiger partial charge in [-0.15, -0.1) is 0 Å². The minimum atomic E-state index is 0.345. The van der Waals surface area contributed by atoms with Crippen LogP contribution in [0.5, 0.6) is 0 Å². The van der Waals surface area contributed by atoms with Gasteiger partial charge in [-0.3, -0.25) is 0 Å². The molecule has 1 unspecified atom stereocenters. The van der Waals surface area contributed by atoms with E-state index in [0.717, 1.165) is 6.29 Å². The smallest absolute Gasteiger partial charge is 0.120 e. The highest BCUT2D eigenvalue weighted by atomic mass is 16.1. The van der Waals surface area contributed by atoms with Crippen LogP contribution in [0.3, 0.4) is 0 Å². The fourth-order valence-electron chi connectivity index (χ4n) is 1.65. The maximum absolute atomic E-state index is 10.4. The first-order chi connectivity index (χ1) is 6.15. The van der Waals surface area contributed by atoms with Crippen molar-refractivity contribution in [2.45, 2.75) is 33.1 Å². The van der Waals surface area contributed by atoms with Crippen molar-refractivity contribution in [3.63, 3.8) is 0 Å². The summed E-state index contributed by atoms with van der Waals surface area (Å²) in [6, 6.07) is 6.39. The molecule has 1 heteroatoms. The number of rotatable bonds is 3.